The number of aromatic nitrogens is 3. The number of hydrogen-bond acceptors (Lipinski definition) is 5. The monoisotopic (exact) mass is 427 g/mol. The summed E-state index contributed by atoms with van der Waals surface area (Å²) in [4.78, 5) is 13.7. The molecule has 2 heterocycles. The first-order valence-corrected chi connectivity index (χ1v) is 10.1. The SMILES string of the molecule is O=C1O[C@@H](Cn2ccnn2)CN1c1ccc(-c2ccc(CNCCCF)cc2)c(F)c1. The number of hydrogen-bond donors (Lipinski definition) is 1. The van der Waals surface area contributed by atoms with E-state index in [0.29, 0.717) is 43.9 Å². The van der Waals surface area contributed by atoms with Crippen LogP contribution in [0.5, 0.6) is 0 Å². The minimum atomic E-state index is -0.512. The lowest BCUT2D eigenvalue weighted by Crippen LogP contribution is -2.26. The van der Waals surface area contributed by atoms with E-state index in [0.717, 1.165) is 11.1 Å². The van der Waals surface area contributed by atoms with Gasteiger partial charge in [0.25, 0.3) is 0 Å². The van der Waals surface area contributed by atoms with Crippen molar-refractivity contribution in [3.63, 3.8) is 0 Å². The van der Waals surface area contributed by atoms with Gasteiger partial charge in [0, 0.05) is 18.3 Å². The molecule has 0 aliphatic carbocycles. The molecule has 0 saturated carbocycles. The molecule has 9 heteroatoms. The molecule has 1 atom stereocenters. The van der Waals surface area contributed by atoms with E-state index in [4.69, 9.17) is 4.74 Å². The Labute approximate surface area is 178 Å². The molecule has 7 nitrogen and oxygen atoms in total. The number of ether oxygens (including phenoxy) is 1. The number of benzene rings is 2. The first kappa shape index (κ1) is 20.9. The van der Waals surface area contributed by atoms with Gasteiger partial charge < -0.3 is 10.1 Å². The molecular weight excluding hydrogens is 404 g/mol. The summed E-state index contributed by atoms with van der Waals surface area (Å²) in [5.41, 5.74) is 2.68. The highest BCUT2D eigenvalue weighted by atomic mass is 19.1. The second kappa shape index (κ2) is 9.65. The third-order valence-electron chi connectivity index (χ3n) is 5.08. The fourth-order valence-electron chi connectivity index (χ4n) is 3.50. The quantitative estimate of drug-likeness (QED) is 0.529. The average molecular weight is 427 g/mol. The molecule has 162 valence electrons. The van der Waals surface area contributed by atoms with Gasteiger partial charge in [-0.15, -0.1) is 5.10 Å². The van der Waals surface area contributed by atoms with Crippen LogP contribution in [0.25, 0.3) is 11.1 Å². The fourth-order valence-corrected chi connectivity index (χ4v) is 3.50. The van der Waals surface area contributed by atoms with Crippen LogP contribution in [0.3, 0.4) is 0 Å². The molecule has 0 spiro atoms. The van der Waals surface area contributed by atoms with E-state index in [1.165, 1.54) is 11.0 Å². The molecule has 31 heavy (non-hydrogen) atoms. The van der Waals surface area contributed by atoms with Crippen molar-refractivity contribution in [2.75, 3.05) is 24.7 Å². The van der Waals surface area contributed by atoms with E-state index in [9.17, 15) is 13.6 Å². The molecule has 3 aromatic rings. The molecule has 4 rings (SSSR count). The molecule has 1 aromatic heterocycles. The fraction of sp³-hybridized carbons (Fsp3) is 0.318. The van der Waals surface area contributed by atoms with Gasteiger partial charge in [-0.25, -0.2) is 13.9 Å². The standard InChI is InChI=1S/C22H23F2N5O2/c23-8-1-9-25-13-16-2-4-17(5-3-16)20-7-6-18(12-21(20)24)29-15-19(31-22(29)30)14-28-11-10-26-27-28/h2-7,10-12,19,25H,1,8-9,13-15H2/t19-/m0/s1. The van der Waals surface area contributed by atoms with Crippen molar-refractivity contribution in [2.45, 2.75) is 25.6 Å². The number of rotatable bonds is 9. The van der Waals surface area contributed by atoms with Crippen molar-refractivity contribution < 1.29 is 18.3 Å². The number of amides is 1. The van der Waals surface area contributed by atoms with Crippen LogP contribution >= 0.6 is 0 Å². The van der Waals surface area contributed by atoms with Gasteiger partial charge in [0.15, 0.2) is 0 Å². The van der Waals surface area contributed by atoms with Gasteiger partial charge in [0.1, 0.15) is 11.9 Å². The molecule has 0 unspecified atom stereocenters. The van der Waals surface area contributed by atoms with Gasteiger partial charge in [-0.05, 0) is 42.3 Å². The Kier molecular flexibility index (Phi) is 6.51. The number of halogens is 2. The summed E-state index contributed by atoms with van der Waals surface area (Å²) in [7, 11) is 0. The van der Waals surface area contributed by atoms with Gasteiger partial charge in [-0.3, -0.25) is 9.29 Å². The van der Waals surface area contributed by atoms with Crippen molar-refractivity contribution in [1.82, 2.24) is 20.3 Å². The van der Waals surface area contributed by atoms with Crippen molar-refractivity contribution in [2.24, 2.45) is 0 Å². The Bertz CT molecular complexity index is 1010. The van der Waals surface area contributed by atoms with E-state index in [2.05, 4.69) is 15.6 Å². The summed E-state index contributed by atoms with van der Waals surface area (Å²) >= 11 is 0. The van der Waals surface area contributed by atoms with Gasteiger partial charge in [-0.2, -0.15) is 0 Å². The number of carbonyl (C=O) groups excluding carboxylic acids is 1. The summed E-state index contributed by atoms with van der Waals surface area (Å²) in [5.74, 6) is -0.418. The Morgan fingerprint density at radius 3 is 2.74 bits per heavy atom. The molecule has 1 saturated heterocycles. The third kappa shape index (κ3) is 5.05. The summed E-state index contributed by atoms with van der Waals surface area (Å²) in [5, 5.41) is 10.8. The van der Waals surface area contributed by atoms with E-state index < -0.39 is 11.9 Å². The van der Waals surface area contributed by atoms with Crippen LogP contribution in [-0.2, 0) is 17.8 Å². The molecule has 0 radical (unpaired) electrons. The highest BCUT2D eigenvalue weighted by Crippen LogP contribution is 2.29. The second-order valence-electron chi connectivity index (χ2n) is 7.32. The van der Waals surface area contributed by atoms with E-state index >= 15 is 0 Å². The summed E-state index contributed by atoms with van der Waals surface area (Å²) in [6.07, 6.45) is 2.83. The van der Waals surface area contributed by atoms with Crippen molar-refractivity contribution in [1.29, 1.82) is 0 Å². The maximum atomic E-state index is 14.9. The van der Waals surface area contributed by atoms with Crippen LogP contribution in [0.4, 0.5) is 19.3 Å². The van der Waals surface area contributed by atoms with Crippen LogP contribution < -0.4 is 10.2 Å². The minimum Gasteiger partial charge on any atom is -0.442 e. The zero-order chi connectivity index (χ0) is 21.6. The van der Waals surface area contributed by atoms with Crippen molar-refractivity contribution in [3.05, 3.63) is 66.2 Å². The number of anilines is 1. The van der Waals surface area contributed by atoms with E-state index in [1.807, 2.05) is 24.3 Å². The van der Waals surface area contributed by atoms with Crippen molar-refractivity contribution >= 4 is 11.8 Å². The highest BCUT2D eigenvalue weighted by molar-refractivity contribution is 5.90. The number of alkyl halides is 1. The van der Waals surface area contributed by atoms with Gasteiger partial charge in [-0.1, -0.05) is 29.5 Å². The Hall–Kier alpha value is -3.33. The summed E-state index contributed by atoms with van der Waals surface area (Å²) in [6.45, 7) is 1.61. The minimum absolute atomic E-state index is 0.307. The van der Waals surface area contributed by atoms with E-state index in [-0.39, 0.29) is 12.8 Å². The predicted octanol–water partition coefficient (Wildman–Crippen LogP) is 3.56. The smallest absolute Gasteiger partial charge is 0.414 e. The number of cyclic esters (lactones) is 1. The number of nitrogens with zero attached hydrogens (tertiary/aromatic N) is 4. The van der Waals surface area contributed by atoms with Gasteiger partial charge >= 0.3 is 6.09 Å². The van der Waals surface area contributed by atoms with E-state index in [1.54, 1.807) is 29.2 Å². The largest absolute Gasteiger partial charge is 0.442 e. The Morgan fingerprint density at radius 1 is 1.19 bits per heavy atom. The highest BCUT2D eigenvalue weighted by Gasteiger charge is 2.33. The van der Waals surface area contributed by atoms with Crippen LogP contribution in [-0.4, -0.2) is 47.0 Å². The molecule has 1 fully saturated rings. The number of nitrogens with one attached hydrogen (secondary N) is 1. The maximum Gasteiger partial charge on any atom is 0.414 e. The molecule has 1 aliphatic rings. The lowest BCUT2D eigenvalue weighted by atomic mass is 10.0. The molecule has 1 N–H and O–H groups in total. The predicted molar refractivity (Wildman–Crippen MR) is 112 cm³/mol. The molecule has 1 aliphatic heterocycles. The second-order valence-corrected chi connectivity index (χ2v) is 7.32. The van der Waals surface area contributed by atoms with Crippen LogP contribution in [0.15, 0.2) is 54.9 Å². The average Bonchev–Trinajstić information content (AvgIpc) is 3.41. The molecule has 2 aromatic carbocycles. The Morgan fingerprint density at radius 2 is 2.03 bits per heavy atom. The normalized spacial score (nSPS) is 16.0. The lowest BCUT2D eigenvalue weighted by molar-refractivity contribution is 0.129. The molecular formula is C22H23F2N5O2. The maximum absolute atomic E-state index is 14.9. The summed E-state index contributed by atoms with van der Waals surface area (Å²) in [6, 6.07) is 12.3. The van der Waals surface area contributed by atoms with Crippen LogP contribution in [0, 0.1) is 5.82 Å². The van der Waals surface area contributed by atoms with Crippen LogP contribution in [0.2, 0.25) is 0 Å². The van der Waals surface area contributed by atoms with Gasteiger partial charge in [0.05, 0.1) is 31.6 Å². The van der Waals surface area contributed by atoms with Crippen molar-refractivity contribution in [3.8, 4) is 11.1 Å². The topological polar surface area (TPSA) is 72.3 Å². The first-order valence-electron chi connectivity index (χ1n) is 10.1. The number of carbonyl (C=O) groups is 1. The van der Waals surface area contributed by atoms with Crippen LogP contribution in [0.1, 0.15) is 12.0 Å². The molecule has 1 amide bonds. The first-order chi connectivity index (χ1) is 15.1. The van der Waals surface area contributed by atoms with Gasteiger partial charge in [0.2, 0.25) is 0 Å². The summed E-state index contributed by atoms with van der Waals surface area (Å²) < 4.78 is 33.9. The molecule has 0 bridgehead atoms. The zero-order valence-electron chi connectivity index (χ0n) is 16.9. The lowest BCUT2D eigenvalue weighted by Gasteiger charge is -2.14. The third-order valence-corrected chi connectivity index (χ3v) is 5.08. The zero-order valence-corrected chi connectivity index (χ0v) is 16.9. The Balaban J connectivity index is 1.41.